The van der Waals surface area contributed by atoms with Gasteiger partial charge in [-0.3, -0.25) is 9.69 Å². The second kappa shape index (κ2) is 13.1. The van der Waals surface area contributed by atoms with Crippen LogP contribution in [0.5, 0.6) is 0 Å². The van der Waals surface area contributed by atoms with Crippen molar-refractivity contribution in [2.45, 2.75) is 33.7 Å². The van der Waals surface area contributed by atoms with Crippen LogP contribution in [0, 0.1) is 0 Å². The Morgan fingerprint density at radius 2 is 1.71 bits per heavy atom. The van der Waals surface area contributed by atoms with Crippen molar-refractivity contribution in [3.05, 3.63) is 0 Å². The molecule has 0 radical (unpaired) electrons. The van der Waals surface area contributed by atoms with Gasteiger partial charge in [0.15, 0.2) is 5.96 Å². The lowest BCUT2D eigenvalue weighted by Crippen LogP contribution is -2.46. The molecule has 2 N–H and O–H groups in total. The Bertz CT molecular complexity index is 306. The van der Waals surface area contributed by atoms with E-state index in [0.29, 0.717) is 12.0 Å². The van der Waals surface area contributed by atoms with Gasteiger partial charge >= 0.3 is 0 Å². The SMILES string of the molecule is CCNC(=NCC(=O)N(C)C)NCC(C)N(CC)CC.I. The number of hydrogen-bond donors (Lipinski definition) is 2. The fourth-order valence-electron chi connectivity index (χ4n) is 1.85. The predicted molar refractivity (Wildman–Crippen MR) is 100 cm³/mol. The number of likely N-dealkylation sites (N-methyl/N-ethyl adjacent to an activating group) is 2. The van der Waals surface area contributed by atoms with Gasteiger partial charge in [0.1, 0.15) is 6.54 Å². The first-order valence-corrected chi connectivity index (χ1v) is 7.42. The van der Waals surface area contributed by atoms with Crippen LogP contribution >= 0.6 is 24.0 Å². The molecule has 0 bridgehead atoms. The fourth-order valence-corrected chi connectivity index (χ4v) is 1.85. The van der Waals surface area contributed by atoms with Crippen LogP contribution in [-0.2, 0) is 4.79 Å². The highest BCUT2D eigenvalue weighted by atomic mass is 127. The molecule has 1 unspecified atom stereocenters. The summed E-state index contributed by atoms with van der Waals surface area (Å²) in [7, 11) is 3.47. The number of aliphatic imine (C=N–C) groups is 1. The summed E-state index contributed by atoms with van der Waals surface area (Å²) >= 11 is 0. The molecule has 21 heavy (non-hydrogen) atoms. The zero-order valence-corrected chi connectivity index (χ0v) is 16.6. The van der Waals surface area contributed by atoms with Crippen LogP contribution in [0.1, 0.15) is 27.7 Å². The molecule has 0 saturated heterocycles. The number of amides is 1. The minimum Gasteiger partial charge on any atom is -0.357 e. The van der Waals surface area contributed by atoms with Crippen molar-refractivity contribution >= 4 is 35.8 Å². The normalized spacial score (nSPS) is 12.6. The summed E-state index contributed by atoms with van der Waals surface area (Å²) in [6.07, 6.45) is 0. The van der Waals surface area contributed by atoms with E-state index in [-0.39, 0.29) is 36.4 Å². The summed E-state index contributed by atoms with van der Waals surface area (Å²) in [4.78, 5) is 19.8. The van der Waals surface area contributed by atoms with Gasteiger partial charge in [0.2, 0.25) is 5.91 Å². The molecule has 0 saturated carbocycles. The number of rotatable bonds is 8. The van der Waals surface area contributed by atoms with Crippen LogP contribution in [0.2, 0.25) is 0 Å². The van der Waals surface area contributed by atoms with Crippen LogP contribution in [-0.4, -0.2) is 74.5 Å². The first-order chi connectivity index (χ1) is 9.46. The number of nitrogens with zero attached hydrogens (tertiary/aromatic N) is 3. The Balaban J connectivity index is 0. The molecule has 0 aromatic rings. The van der Waals surface area contributed by atoms with Gasteiger partial charge in [-0.15, -0.1) is 24.0 Å². The third kappa shape index (κ3) is 9.89. The summed E-state index contributed by atoms with van der Waals surface area (Å²) in [5.74, 6) is 0.695. The molecule has 0 spiro atoms. The molecule has 0 aromatic carbocycles. The zero-order chi connectivity index (χ0) is 15.5. The third-order valence-electron chi connectivity index (χ3n) is 3.22. The molecule has 0 aromatic heterocycles. The van der Waals surface area contributed by atoms with E-state index >= 15 is 0 Å². The van der Waals surface area contributed by atoms with E-state index in [2.05, 4.69) is 41.3 Å². The van der Waals surface area contributed by atoms with Crippen molar-refractivity contribution in [3.63, 3.8) is 0 Å². The van der Waals surface area contributed by atoms with Gasteiger partial charge in [0, 0.05) is 33.2 Å². The number of halogens is 1. The Labute approximate surface area is 146 Å². The largest absolute Gasteiger partial charge is 0.357 e. The average Bonchev–Trinajstić information content (AvgIpc) is 2.42. The van der Waals surface area contributed by atoms with Gasteiger partial charge in [0.05, 0.1) is 0 Å². The smallest absolute Gasteiger partial charge is 0.243 e. The van der Waals surface area contributed by atoms with E-state index < -0.39 is 0 Å². The Kier molecular flexibility index (Phi) is 14.2. The van der Waals surface area contributed by atoms with Gasteiger partial charge in [-0.1, -0.05) is 13.8 Å². The maximum atomic E-state index is 11.5. The molecule has 7 heteroatoms. The Morgan fingerprint density at radius 3 is 2.14 bits per heavy atom. The van der Waals surface area contributed by atoms with Crippen molar-refractivity contribution < 1.29 is 4.79 Å². The maximum absolute atomic E-state index is 11.5. The lowest BCUT2D eigenvalue weighted by molar-refractivity contribution is -0.127. The molecule has 0 heterocycles. The minimum absolute atomic E-state index is 0. The summed E-state index contributed by atoms with van der Waals surface area (Å²) < 4.78 is 0. The van der Waals surface area contributed by atoms with Crippen molar-refractivity contribution in [2.75, 3.05) is 46.8 Å². The van der Waals surface area contributed by atoms with E-state index in [0.717, 1.165) is 26.2 Å². The van der Waals surface area contributed by atoms with Crippen LogP contribution < -0.4 is 10.6 Å². The van der Waals surface area contributed by atoms with Gasteiger partial charge in [0.25, 0.3) is 0 Å². The number of nitrogens with one attached hydrogen (secondary N) is 2. The highest BCUT2D eigenvalue weighted by Crippen LogP contribution is 1.96. The fraction of sp³-hybridized carbons (Fsp3) is 0.857. The van der Waals surface area contributed by atoms with E-state index in [1.807, 2.05) is 6.92 Å². The topological polar surface area (TPSA) is 60.0 Å². The summed E-state index contributed by atoms with van der Waals surface area (Å²) in [6, 6.07) is 0.429. The molecule has 0 fully saturated rings. The molecule has 0 rings (SSSR count). The van der Waals surface area contributed by atoms with Crippen LogP contribution in [0.25, 0.3) is 0 Å². The van der Waals surface area contributed by atoms with Crippen molar-refractivity contribution in [2.24, 2.45) is 4.99 Å². The number of carbonyl (C=O) groups is 1. The molecule has 6 nitrogen and oxygen atoms in total. The van der Waals surface area contributed by atoms with Crippen LogP contribution in [0.15, 0.2) is 4.99 Å². The summed E-state index contributed by atoms with van der Waals surface area (Å²) in [5, 5.41) is 6.45. The van der Waals surface area contributed by atoms with E-state index in [1.165, 1.54) is 0 Å². The van der Waals surface area contributed by atoms with Crippen molar-refractivity contribution in [1.82, 2.24) is 20.4 Å². The standard InChI is InChI=1S/C14H31N5O.HI/c1-7-15-14(17-11-13(20)18(5)6)16-10-12(4)19(8-2)9-3;/h12H,7-11H2,1-6H3,(H2,15,16,17);1H. The van der Waals surface area contributed by atoms with Gasteiger partial charge < -0.3 is 15.5 Å². The predicted octanol–water partition coefficient (Wildman–Crippen LogP) is 0.978. The van der Waals surface area contributed by atoms with Gasteiger partial charge in [-0.2, -0.15) is 0 Å². The zero-order valence-electron chi connectivity index (χ0n) is 14.3. The number of carbonyl (C=O) groups excluding carboxylic acids is 1. The molecule has 0 aliphatic heterocycles. The second-order valence-electron chi connectivity index (χ2n) is 4.93. The van der Waals surface area contributed by atoms with Gasteiger partial charge in [-0.05, 0) is 26.9 Å². The Hall–Kier alpha value is -0.570. The van der Waals surface area contributed by atoms with E-state index in [9.17, 15) is 4.79 Å². The summed E-state index contributed by atoms with van der Waals surface area (Å²) in [5.41, 5.74) is 0. The average molecular weight is 413 g/mol. The van der Waals surface area contributed by atoms with Crippen LogP contribution in [0.3, 0.4) is 0 Å². The van der Waals surface area contributed by atoms with Crippen molar-refractivity contribution in [3.8, 4) is 0 Å². The molecule has 0 aliphatic carbocycles. The second-order valence-corrected chi connectivity index (χ2v) is 4.93. The molecular formula is C14H32IN5O. The van der Waals surface area contributed by atoms with E-state index in [1.54, 1.807) is 19.0 Å². The molecule has 1 atom stereocenters. The molecule has 0 aliphatic rings. The molecule has 1 amide bonds. The summed E-state index contributed by atoms with van der Waals surface area (Å²) in [6.45, 7) is 12.4. The first-order valence-electron chi connectivity index (χ1n) is 7.42. The lowest BCUT2D eigenvalue weighted by Gasteiger charge is -2.27. The number of guanidine groups is 1. The number of hydrogen-bond acceptors (Lipinski definition) is 3. The maximum Gasteiger partial charge on any atom is 0.243 e. The Morgan fingerprint density at radius 1 is 1.14 bits per heavy atom. The molecule has 126 valence electrons. The van der Waals surface area contributed by atoms with Crippen molar-refractivity contribution in [1.29, 1.82) is 0 Å². The third-order valence-corrected chi connectivity index (χ3v) is 3.22. The highest BCUT2D eigenvalue weighted by molar-refractivity contribution is 14.0. The highest BCUT2D eigenvalue weighted by Gasteiger charge is 2.10. The molecular weight excluding hydrogens is 381 g/mol. The van der Waals surface area contributed by atoms with Gasteiger partial charge in [-0.25, -0.2) is 4.99 Å². The monoisotopic (exact) mass is 413 g/mol. The minimum atomic E-state index is -0.000931. The lowest BCUT2D eigenvalue weighted by atomic mass is 10.3. The van der Waals surface area contributed by atoms with E-state index in [4.69, 9.17) is 0 Å². The quantitative estimate of drug-likeness (QED) is 0.354. The first kappa shape index (κ1) is 22.7. The van der Waals surface area contributed by atoms with Crippen LogP contribution in [0.4, 0.5) is 0 Å².